The summed E-state index contributed by atoms with van der Waals surface area (Å²) in [4.78, 5) is 11.2. The van der Waals surface area contributed by atoms with Crippen molar-refractivity contribution in [1.29, 1.82) is 0 Å². The molecule has 2 amide bonds. The second-order valence-corrected chi connectivity index (χ2v) is 7.03. The van der Waals surface area contributed by atoms with Gasteiger partial charge in [-0.15, -0.1) is 0 Å². The molecule has 3 atom stereocenters. The molecule has 1 aliphatic heterocycles. The van der Waals surface area contributed by atoms with E-state index in [9.17, 15) is 4.79 Å². The highest BCUT2D eigenvalue weighted by Gasteiger charge is 2.41. The summed E-state index contributed by atoms with van der Waals surface area (Å²) in [6.07, 6.45) is 5.51. The highest BCUT2D eigenvalue weighted by atomic mass is 16.5. The quantitative estimate of drug-likeness (QED) is 0.898. The van der Waals surface area contributed by atoms with E-state index in [0.29, 0.717) is 25.1 Å². The molecule has 5 heteroatoms. The van der Waals surface area contributed by atoms with Gasteiger partial charge in [-0.05, 0) is 55.2 Å². The highest BCUT2D eigenvalue weighted by Crippen LogP contribution is 2.47. The van der Waals surface area contributed by atoms with Gasteiger partial charge in [-0.2, -0.15) is 0 Å². The zero-order chi connectivity index (χ0) is 15.8. The van der Waals surface area contributed by atoms with E-state index in [1.165, 1.54) is 31.2 Å². The fourth-order valence-electron chi connectivity index (χ4n) is 4.34. The molecule has 3 fully saturated rings. The molecule has 1 saturated heterocycles. The van der Waals surface area contributed by atoms with Crippen molar-refractivity contribution in [3.8, 4) is 11.5 Å². The van der Waals surface area contributed by atoms with E-state index in [1.807, 2.05) is 6.07 Å². The Morgan fingerprint density at radius 3 is 2.57 bits per heavy atom. The minimum atomic E-state index is -0.0896. The van der Waals surface area contributed by atoms with Crippen LogP contribution in [0.5, 0.6) is 11.5 Å². The molecule has 5 nitrogen and oxygen atoms in total. The van der Waals surface area contributed by atoms with Gasteiger partial charge in [-0.25, -0.2) is 4.79 Å². The standard InChI is InChI=1S/C18H24N2O3/c1-22-15-5-4-12(14-9-19-18(21)20-10-14)8-17(15)23-16-7-11-2-3-13(16)6-11/h4-5,8,11,13-14,16H,2-3,6-7,9-10H2,1H3,(H2,19,20,21). The van der Waals surface area contributed by atoms with Crippen molar-refractivity contribution in [2.75, 3.05) is 20.2 Å². The van der Waals surface area contributed by atoms with E-state index in [1.54, 1.807) is 7.11 Å². The number of fused-ring (bicyclic) bond motifs is 2. The summed E-state index contributed by atoms with van der Waals surface area (Å²) in [5.74, 6) is 3.48. The Morgan fingerprint density at radius 2 is 1.91 bits per heavy atom. The number of nitrogens with one attached hydrogen (secondary N) is 2. The highest BCUT2D eigenvalue weighted by molar-refractivity contribution is 5.75. The lowest BCUT2D eigenvalue weighted by atomic mass is 9.96. The third-order valence-corrected chi connectivity index (χ3v) is 5.63. The number of methoxy groups -OCH3 is 1. The molecule has 3 aliphatic rings. The van der Waals surface area contributed by atoms with E-state index >= 15 is 0 Å². The maximum atomic E-state index is 11.2. The van der Waals surface area contributed by atoms with Gasteiger partial charge in [0, 0.05) is 19.0 Å². The van der Waals surface area contributed by atoms with Gasteiger partial charge in [-0.1, -0.05) is 6.07 Å². The van der Waals surface area contributed by atoms with Crippen LogP contribution >= 0.6 is 0 Å². The summed E-state index contributed by atoms with van der Waals surface area (Å²) in [6, 6.07) is 6.05. The third-order valence-electron chi connectivity index (χ3n) is 5.63. The fourth-order valence-corrected chi connectivity index (χ4v) is 4.34. The van der Waals surface area contributed by atoms with Crippen molar-refractivity contribution < 1.29 is 14.3 Å². The summed E-state index contributed by atoms with van der Waals surface area (Å²) in [5, 5.41) is 5.70. The van der Waals surface area contributed by atoms with Crippen LogP contribution in [0.2, 0.25) is 0 Å². The number of hydrogen-bond acceptors (Lipinski definition) is 3. The van der Waals surface area contributed by atoms with Crippen LogP contribution in [0.4, 0.5) is 4.79 Å². The van der Waals surface area contributed by atoms with Crippen LogP contribution < -0.4 is 20.1 Å². The average Bonchev–Trinajstić information content (AvgIpc) is 3.18. The average molecular weight is 316 g/mol. The maximum Gasteiger partial charge on any atom is 0.314 e. The van der Waals surface area contributed by atoms with Crippen molar-refractivity contribution >= 4 is 6.03 Å². The van der Waals surface area contributed by atoms with E-state index in [0.717, 1.165) is 17.4 Å². The van der Waals surface area contributed by atoms with Crippen molar-refractivity contribution in [3.05, 3.63) is 23.8 Å². The Hall–Kier alpha value is -1.91. The zero-order valence-electron chi connectivity index (χ0n) is 13.5. The normalized spacial score (nSPS) is 30.0. The molecule has 23 heavy (non-hydrogen) atoms. The number of carbonyl (C=O) groups is 1. The Kier molecular flexibility index (Phi) is 3.79. The van der Waals surface area contributed by atoms with Gasteiger partial charge in [0.15, 0.2) is 11.5 Å². The zero-order valence-corrected chi connectivity index (χ0v) is 13.5. The van der Waals surface area contributed by atoms with Gasteiger partial charge in [0.25, 0.3) is 0 Å². The van der Waals surface area contributed by atoms with Crippen LogP contribution in [-0.2, 0) is 0 Å². The number of hydrogen-bond donors (Lipinski definition) is 2. The minimum absolute atomic E-state index is 0.0896. The van der Waals surface area contributed by atoms with Crippen molar-refractivity contribution in [2.24, 2.45) is 11.8 Å². The summed E-state index contributed by atoms with van der Waals surface area (Å²) in [7, 11) is 1.69. The number of amides is 2. The lowest BCUT2D eigenvalue weighted by Gasteiger charge is -2.27. The molecule has 2 N–H and O–H groups in total. The molecular formula is C18H24N2O3. The molecule has 0 aromatic heterocycles. The first-order valence-corrected chi connectivity index (χ1v) is 8.59. The summed E-state index contributed by atoms with van der Waals surface area (Å²) in [5.41, 5.74) is 1.18. The van der Waals surface area contributed by atoms with Crippen LogP contribution in [0.15, 0.2) is 18.2 Å². The second-order valence-electron chi connectivity index (χ2n) is 7.03. The molecule has 2 saturated carbocycles. The first-order valence-electron chi connectivity index (χ1n) is 8.59. The Labute approximate surface area is 136 Å². The molecule has 0 spiro atoms. The van der Waals surface area contributed by atoms with Crippen LogP contribution in [0.25, 0.3) is 0 Å². The van der Waals surface area contributed by atoms with Crippen molar-refractivity contribution in [1.82, 2.24) is 10.6 Å². The number of ether oxygens (including phenoxy) is 2. The molecule has 4 rings (SSSR count). The predicted octanol–water partition coefficient (Wildman–Crippen LogP) is 2.66. The maximum absolute atomic E-state index is 11.2. The number of rotatable bonds is 4. The topological polar surface area (TPSA) is 59.6 Å². The lowest BCUT2D eigenvalue weighted by molar-refractivity contribution is 0.133. The monoisotopic (exact) mass is 316 g/mol. The molecule has 124 valence electrons. The lowest BCUT2D eigenvalue weighted by Crippen LogP contribution is -2.47. The summed E-state index contributed by atoms with van der Waals surface area (Å²) in [6.45, 7) is 1.32. The summed E-state index contributed by atoms with van der Waals surface area (Å²) < 4.78 is 11.8. The first kappa shape index (κ1) is 14.7. The Morgan fingerprint density at radius 1 is 1.09 bits per heavy atom. The largest absolute Gasteiger partial charge is 0.493 e. The Balaban J connectivity index is 1.52. The van der Waals surface area contributed by atoms with Gasteiger partial charge in [-0.3, -0.25) is 0 Å². The Bertz CT molecular complexity index is 594. The fraction of sp³-hybridized carbons (Fsp3) is 0.611. The van der Waals surface area contributed by atoms with Crippen molar-refractivity contribution in [2.45, 2.75) is 37.7 Å². The van der Waals surface area contributed by atoms with Gasteiger partial charge in [0.2, 0.25) is 0 Å². The molecule has 2 bridgehead atoms. The van der Waals surface area contributed by atoms with E-state index < -0.39 is 0 Å². The molecule has 1 aromatic rings. The third kappa shape index (κ3) is 2.84. The summed E-state index contributed by atoms with van der Waals surface area (Å²) >= 11 is 0. The van der Waals surface area contributed by atoms with Crippen LogP contribution in [0.3, 0.4) is 0 Å². The molecular weight excluding hydrogens is 292 g/mol. The van der Waals surface area contributed by atoms with Gasteiger partial charge >= 0.3 is 6.03 Å². The molecule has 0 radical (unpaired) electrons. The SMILES string of the molecule is COc1ccc(C2CNC(=O)NC2)cc1OC1CC2CCC1C2. The van der Waals surface area contributed by atoms with Gasteiger partial charge in [0.05, 0.1) is 7.11 Å². The van der Waals surface area contributed by atoms with Crippen molar-refractivity contribution in [3.63, 3.8) is 0 Å². The van der Waals surface area contributed by atoms with Crippen LogP contribution in [0.1, 0.15) is 37.2 Å². The number of urea groups is 1. The predicted molar refractivity (Wildman–Crippen MR) is 87.0 cm³/mol. The number of benzene rings is 1. The minimum Gasteiger partial charge on any atom is -0.493 e. The van der Waals surface area contributed by atoms with Gasteiger partial charge < -0.3 is 20.1 Å². The molecule has 1 aromatic carbocycles. The van der Waals surface area contributed by atoms with Crippen LogP contribution in [-0.4, -0.2) is 32.3 Å². The molecule has 1 heterocycles. The van der Waals surface area contributed by atoms with E-state index in [2.05, 4.69) is 22.8 Å². The van der Waals surface area contributed by atoms with E-state index in [-0.39, 0.29) is 11.9 Å². The van der Waals surface area contributed by atoms with Crippen LogP contribution in [0, 0.1) is 11.8 Å². The molecule has 3 unspecified atom stereocenters. The smallest absolute Gasteiger partial charge is 0.314 e. The first-order chi connectivity index (χ1) is 11.2. The number of carbonyl (C=O) groups excluding carboxylic acids is 1. The van der Waals surface area contributed by atoms with E-state index in [4.69, 9.17) is 9.47 Å². The molecule has 2 aliphatic carbocycles. The second kappa shape index (κ2) is 5.95. The van der Waals surface area contributed by atoms with Gasteiger partial charge in [0.1, 0.15) is 6.10 Å².